The van der Waals surface area contributed by atoms with Gasteiger partial charge in [0.2, 0.25) is 11.7 Å². The SMILES string of the molecule is Cl.O=C(O)[C@H]1CCCN1CCc1nc(-c2ccc(Cl)cc2)no1. The third-order valence-electron chi connectivity index (χ3n) is 3.83. The number of carboxylic acids is 1. The summed E-state index contributed by atoms with van der Waals surface area (Å²) in [4.78, 5) is 17.4. The fraction of sp³-hybridized carbons (Fsp3) is 0.400. The molecule has 1 atom stereocenters. The van der Waals surface area contributed by atoms with Gasteiger partial charge in [0, 0.05) is 23.6 Å². The van der Waals surface area contributed by atoms with Crippen LogP contribution in [0.25, 0.3) is 11.4 Å². The molecule has 1 aromatic heterocycles. The van der Waals surface area contributed by atoms with Crippen molar-refractivity contribution >= 4 is 30.0 Å². The number of likely N-dealkylation sites (tertiary alicyclic amines) is 1. The number of aromatic nitrogens is 2. The van der Waals surface area contributed by atoms with Crippen LogP contribution >= 0.6 is 24.0 Å². The lowest BCUT2D eigenvalue weighted by molar-refractivity contribution is -0.142. The molecular formula is C15H17Cl2N3O3. The van der Waals surface area contributed by atoms with Crippen LogP contribution in [0.4, 0.5) is 0 Å². The van der Waals surface area contributed by atoms with Crippen LogP contribution in [-0.4, -0.2) is 45.2 Å². The molecule has 0 amide bonds. The van der Waals surface area contributed by atoms with Crippen molar-refractivity contribution in [3.8, 4) is 11.4 Å². The maximum absolute atomic E-state index is 11.1. The molecule has 124 valence electrons. The monoisotopic (exact) mass is 357 g/mol. The van der Waals surface area contributed by atoms with Crippen molar-refractivity contribution in [2.45, 2.75) is 25.3 Å². The Morgan fingerprint density at radius 3 is 2.83 bits per heavy atom. The van der Waals surface area contributed by atoms with Gasteiger partial charge in [0.05, 0.1) is 0 Å². The molecule has 0 aliphatic carbocycles. The Balaban J connectivity index is 0.00000192. The number of aliphatic carboxylic acids is 1. The van der Waals surface area contributed by atoms with E-state index in [4.69, 9.17) is 21.2 Å². The second kappa shape index (κ2) is 7.77. The first-order valence-electron chi connectivity index (χ1n) is 7.19. The summed E-state index contributed by atoms with van der Waals surface area (Å²) in [6.07, 6.45) is 2.16. The maximum atomic E-state index is 11.1. The van der Waals surface area contributed by atoms with Crippen molar-refractivity contribution in [1.82, 2.24) is 15.0 Å². The molecule has 0 radical (unpaired) electrons. The van der Waals surface area contributed by atoms with E-state index < -0.39 is 12.0 Å². The highest BCUT2D eigenvalue weighted by Crippen LogP contribution is 2.20. The predicted octanol–water partition coefficient (Wildman–Crippen LogP) is 2.90. The largest absolute Gasteiger partial charge is 0.480 e. The Bertz CT molecular complexity index is 660. The summed E-state index contributed by atoms with van der Waals surface area (Å²) >= 11 is 5.85. The quantitative estimate of drug-likeness (QED) is 0.885. The number of halogens is 2. The van der Waals surface area contributed by atoms with Crippen LogP contribution in [0.2, 0.25) is 5.02 Å². The van der Waals surface area contributed by atoms with E-state index in [1.165, 1.54) is 0 Å². The van der Waals surface area contributed by atoms with E-state index in [9.17, 15) is 4.79 Å². The van der Waals surface area contributed by atoms with Crippen molar-refractivity contribution in [2.24, 2.45) is 0 Å². The van der Waals surface area contributed by atoms with Crippen molar-refractivity contribution in [2.75, 3.05) is 13.1 Å². The van der Waals surface area contributed by atoms with Gasteiger partial charge < -0.3 is 9.63 Å². The van der Waals surface area contributed by atoms with Crippen molar-refractivity contribution in [3.05, 3.63) is 35.2 Å². The number of hydrogen-bond acceptors (Lipinski definition) is 5. The molecule has 2 aromatic rings. The molecule has 1 fully saturated rings. The van der Waals surface area contributed by atoms with Gasteiger partial charge in [0.25, 0.3) is 0 Å². The highest BCUT2D eigenvalue weighted by Gasteiger charge is 2.30. The average molecular weight is 358 g/mol. The van der Waals surface area contributed by atoms with Gasteiger partial charge in [0.15, 0.2) is 0 Å². The van der Waals surface area contributed by atoms with Crippen molar-refractivity contribution in [1.29, 1.82) is 0 Å². The minimum atomic E-state index is -0.759. The van der Waals surface area contributed by atoms with Crippen LogP contribution in [0.15, 0.2) is 28.8 Å². The molecule has 6 nitrogen and oxygen atoms in total. The molecule has 0 saturated carbocycles. The number of rotatable bonds is 5. The van der Waals surface area contributed by atoms with Crippen LogP contribution in [0, 0.1) is 0 Å². The lowest BCUT2D eigenvalue weighted by Crippen LogP contribution is -2.37. The van der Waals surface area contributed by atoms with E-state index in [0.29, 0.717) is 36.1 Å². The first kappa shape index (κ1) is 17.7. The Labute approximate surface area is 144 Å². The molecule has 2 heterocycles. The van der Waals surface area contributed by atoms with Gasteiger partial charge in [-0.1, -0.05) is 16.8 Å². The lowest BCUT2D eigenvalue weighted by Gasteiger charge is -2.19. The van der Waals surface area contributed by atoms with Gasteiger partial charge >= 0.3 is 5.97 Å². The highest BCUT2D eigenvalue weighted by atomic mass is 35.5. The average Bonchev–Trinajstić information content (AvgIpc) is 3.15. The smallest absolute Gasteiger partial charge is 0.320 e. The van der Waals surface area contributed by atoms with Gasteiger partial charge in [-0.3, -0.25) is 9.69 Å². The van der Waals surface area contributed by atoms with Gasteiger partial charge in [-0.15, -0.1) is 12.4 Å². The molecule has 1 N–H and O–H groups in total. The van der Waals surface area contributed by atoms with Crippen LogP contribution in [0.3, 0.4) is 0 Å². The number of benzene rings is 1. The van der Waals surface area contributed by atoms with Crippen molar-refractivity contribution in [3.63, 3.8) is 0 Å². The molecule has 1 aliphatic heterocycles. The van der Waals surface area contributed by atoms with Crippen LogP contribution in [0.1, 0.15) is 18.7 Å². The van der Waals surface area contributed by atoms with E-state index in [2.05, 4.69) is 10.1 Å². The molecule has 23 heavy (non-hydrogen) atoms. The topological polar surface area (TPSA) is 79.5 Å². The molecule has 8 heteroatoms. The molecule has 1 aliphatic rings. The summed E-state index contributed by atoms with van der Waals surface area (Å²) in [6.45, 7) is 1.41. The second-order valence-electron chi connectivity index (χ2n) is 5.30. The number of hydrogen-bond donors (Lipinski definition) is 1. The predicted molar refractivity (Wildman–Crippen MR) is 87.9 cm³/mol. The van der Waals surface area contributed by atoms with E-state index >= 15 is 0 Å². The molecular weight excluding hydrogens is 341 g/mol. The Kier molecular flexibility index (Phi) is 5.98. The highest BCUT2D eigenvalue weighted by molar-refractivity contribution is 6.30. The van der Waals surface area contributed by atoms with E-state index in [1.807, 2.05) is 17.0 Å². The van der Waals surface area contributed by atoms with Crippen LogP contribution in [0.5, 0.6) is 0 Å². The zero-order chi connectivity index (χ0) is 15.5. The fourth-order valence-corrected chi connectivity index (χ4v) is 2.81. The summed E-state index contributed by atoms with van der Waals surface area (Å²) < 4.78 is 5.24. The summed E-state index contributed by atoms with van der Waals surface area (Å²) in [7, 11) is 0. The van der Waals surface area contributed by atoms with Crippen LogP contribution < -0.4 is 0 Å². The zero-order valence-corrected chi connectivity index (χ0v) is 13.9. The fourth-order valence-electron chi connectivity index (χ4n) is 2.69. The molecule has 3 rings (SSSR count). The van der Waals surface area contributed by atoms with Gasteiger partial charge in [0.1, 0.15) is 6.04 Å². The minimum absolute atomic E-state index is 0. The Morgan fingerprint density at radius 1 is 1.39 bits per heavy atom. The summed E-state index contributed by atoms with van der Waals surface area (Å²) in [6, 6.07) is 6.82. The summed E-state index contributed by atoms with van der Waals surface area (Å²) in [5.41, 5.74) is 0.837. The molecule has 0 spiro atoms. The maximum Gasteiger partial charge on any atom is 0.320 e. The Morgan fingerprint density at radius 2 is 2.13 bits per heavy atom. The standard InChI is InChI=1S/C15H16ClN3O3.ClH/c16-11-5-3-10(4-6-11)14-17-13(22-18-14)7-9-19-8-1-2-12(19)15(20)21;/h3-6,12H,1-2,7-9H2,(H,20,21);1H/t12-;/m1./s1. The number of carboxylic acid groups (broad SMARTS) is 1. The third-order valence-corrected chi connectivity index (χ3v) is 4.08. The molecule has 1 aromatic carbocycles. The first-order valence-corrected chi connectivity index (χ1v) is 7.56. The van der Waals surface area contributed by atoms with E-state index in [-0.39, 0.29) is 12.4 Å². The van der Waals surface area contributed by atoms with Crippen LogP contribution in [-0.2, 0) is 11.2 Å². The summed E-state index contributed by atoms with van der Waals surface area (Å²) in [5, 5.41) is 13.8. The first-order chi connectivity index (χ1) is 10.6. The summed E-state index contributed by atoms with van der Waals surface area (Å²) in [5.74, 6) is 0.272. The number of carbonyl (C=O) groups is 1. The van der Waals surface area contributed by atoms with Gasteiger partial charge in [-0.2, -0.15) is 4.98 Å². The zero-order valence-electron chi connectivity index (χ0n) is 12.3. The molecule has 1 saturated heterocycles. The van der Waals surface area contributed by atoms with E-state index in [1.54, 1.807) is 12.1 Å². The van der Waals surface area contributed by atoms with E-state index in [0.717, 1.165) is 18.5 Å². The number of nitrogens with zero attached hydrogens (tertiary/aromatic N) is 3. The van der Waals surface area contributed by atoms with Gasteiger partial charge in [-0.05, 0) is 43.7 Å². The minimum Gasteiger partial charge on any atom is -0.480 e. The molecule has 0 bridgehead atoms. The second-order valence-corrected chi connectivity index (χ2v) is 5.74. The third kappa shape index (κ3) is 4.22. The van der Waals surface area contributed by atoms with Gasteiger partial charge in [-0.25, -0.2) is 0 Å². The Hall–Kier alpha value is -1.63. The molecule has 0 unspecified atom stereocenters. The normalized spacial score (nSPS) is 17.9. The lowest BCUT2D eigenvalue weighted by atomic mass is 10.2. The van der Waals surface area contributed by atoms with Crippen molar-refractivity contribution < 1.29 is 14.4 Å².